The molecule has 21 heavy (non-hydrogen) atoms. The maximum Gasteiger partial charge on any atom is 0.323 e. The first-order chi connectivity index (χ1) is 9.92. The summed E-state index contributed by atoms with van der Waals surface area (Å²) >= 11 is 11.7. The lowest BCUT2D eigenvalue weighted by atomic mass is 9.96. The van der Waals surface area contributed by atoms with Crippen molar-refractivity contribution in [3.63, 3.8) is 0 Å². The summed E-state index contributed by atoms with van der Waals surface area (Å²) in [6.07, 6.45) is -1.43. The van der Waals surface area contributed by atoms with Gasteiger partial charge >= 0.3 is 11.9 Å². The maximum atomic E-state index is 11.9. The van der Waals surface area contributed by atoms with Crippen molar-refractivity contribution in [1.29, 1.82) is 0 Å². The van der Waals surface area contributed by atoms with Crippen LogP contribution in [0.5, 0.6) is 0 Å². The SMILES string of the molecule is CCOC(=O)C(C(=O)OCC)C(O)c1ccc(Cl)c(Cl)c1. The zero-order valence-electron chi connectivity index (χ0n) is 11.6. The summed E-state index contributed by atoms with van der Waals surface area (Å²) in [5.74, 6) is -3.17. The van der Waals surface area contributed by atoms with Crippen LogP contribution in [0.1, 0.15) is 25.5 Å². The van der Waals surface area contributed by atoms with E-state index in [9.17, 15) is 14.7 Å². The summed E-state index contributed by atoms with van der Waals surface area (Å²) in [6, 6.07) is 4.33. The van der Waals surface area contributed by atoms with Gasteiger partial charge in [-0.3, -0.25) is 9.59 Å². The molecule has 1 unspecified atom stereocenters. The predicted molar refractivity (Wildman–Crippen MR) is 78.2 cm³/mol. The quantitative estimate of drug-likeness (QED) is 0.639. The predicted octanol–water partition coefficient (Wildman–Crippen LogP) is 2.77. The molecule has 5 nitrogen and oxygen atoms in total. The van der Waals surface area contributed by atoms with Crippen LogP contribution in [-0.2, 0) is 19.1 Å². The Morgan fingerprint density at radius 1 is 1.10 bits per heavy atom. The van der Waals surface area contributed by atoms with Gasteiger partial charge in [0.05, 0.1) is 23.3 Å². The second-order valence-corrected chi connectivity index (χ2v) is 4.91. The molecule has 1 aromatic rings. The van der Waals surface area contributed by atoms with Crippen molar-refractivity contribution in [2.75, 3.05) is 13.2 Å². The van der Waals surface area contributed by atoms with E-state index in [0.717, 1.165) is 0 Å². The van der Waals surface area contributed by atoms with Crippen molar-refractivity contribution < 1.29 is 24.2 Å². The van der Waals surface area contributed by atoms with E-state index in [4.69, 9.17) is 32.7 Å². The van der Waals surface area contributed by atoms with E-state index >= 15 is 0 Å². The van der Waals surface area contributed by atoms with Gasteiger partial charge in [-0.2, -0.15) is 0 Å². The number of carbonyl (C=O) groups excluding carboxylic acids is 2. The molecule has 1 rings (SSSR count). The molecular formula is C14H16Cl2O5. The molecule has 0 aliphatic heterocycles. The van der Waals surface area contributed by atoms with Crippen LogP contribution in [0, 0.1) is 5.92 Å². The molecule has 0 aromatic heterocycles. The van der Waals surface area contributed by atoms with Crippen LogP contribution >= 0.6 is 23.2 Å². The highest BCUT2D eigenvalue weighted by atomic mass is 35.5. The van der Waals surface area contributed by atoms with Crippen molar-refractivity contribution in [2.24, 2.45) is 5.92 Å². The van der Waals surface area contributed by atoms with Crippen molar-refractivity contribution in [3.05, 3.63) is 33.8 Å². The van der Waals surface area contributed by atoms with E-state index in [1.807, 2.05) is 0 Å². The van der Waals surface area contributed by atoms with Gasteiger partial charge in [0.2, 0.25) is 0 Å². The standard InChI is InChI=1S/C14H16Cl2O5/c1-3-20-13(18)11(14(19)21-4-2)12(17)8-5-6-9(15)10(16)7-8/h5-7,11-12,17H,3-4H2,1-2H3. The van der Waals surface area contributed by atoms with E-state index in [-0.39, 0.29) is 23.8 Å². The normalized spacial score (nSPS) is 12.1. The summed E-state index contributed by atoms with van der Waals surface area (Å²) in [4.78, 5) is 23.8. The van der Waals surface area contributed by atoms with E-state index in [1.54, 1.807) is 13.8 Å². The minimum Gasteiger partial charge on any atom is -0.465 e. The van der Waals surface area contributed by atoms with Crippen LogP contribution in [0.15, 0.2) is 18.2 Å². The number of ether oxygens (including phenoxy) is 2. The molecule has 0 aliphatic carbocycles. The number of hydrogen-bond acceptors (Lipinski definition) is 5. The van der Waals surface area contributed by atoms with Gasteiger partial charge in [-0.25, -0.2) is 0 Å². The molecule has 0 saturated carbocycles. The molecule has 1 N–H and O–H groups in total. The summed E-state index contributed by atoms with van der Waals surface area (Å²) in [5.41, 5.74) is 0.274. The lowest BCUT2D eigenvalue weighted by Crippen LogP contribution is -2.33. The summed E-state index contributed by atoms with van der Waals surface area (Å²) < 4.78 is 9.62. The third kappa shape index (κ3) is 4.59. The molecule has 0 amide bonds. The number of aliphatic hydroxyl groups excluding tert-OH is 1. The van der Waals surface area contributed by atoms with Crippen LogP contribution in [0.3, 0.4) is 0 Å². The van der Waals surface area contributed by atoms with Crippen LogP contribution in [0.2, 0.25) is 10.0 Å². The van der Waals surface area contributed by atoms with Gasteiger partial charge in [0.25, 0.3) is 0 Å². The fourth-order valence-corrected chi connectivity index (χ4v) is 2.01. The second kappa shape index (κ2) is 8.22. The van der Waals surface area contributed by atoms with Crippen LogP contribution in [0.25, 0.3) is 0 Å². The molecule has 0 radical (unpaired) electrons. The van der Waals surface area contributed by atoms with Crippen LogP contribution < -0.4 is 0 Å². The van der Waals surface area contributed by atoms with Gasteiger partial charge in [0, 0.05) is 0 Å². The first kappa shape index (κ1) is 17.8. The Hall–Kier alpha value is -1.30. The maximum absolute atomic E-state index is 11.9. The van der Waals surface area contributed by atoms with E-state index < -0.39 is 24.0 Å². The first-order valence-electron chi connectivity index (χ1n) is 6.38. The molecule has 0 saturated heterocycles. The number of rotatable bonds is 6. The minimum atomic E-state index is -1.47. The molecule has 0 fully saturated rings. The molecule has 0 heterocycles. The number of esters is 2. The lowest BCUT2D eigenvalue weighted by Gasteiger charge is -2.20. The van der Waals surface area contributed by atoms with Crippen molar-refractivity contribution in [2.45, 2.75) is 20.0 Å². The molecule has 7 heteroatoms. The van der Waals surface area contributed by atoms with E-state index in [2.05, 4.69) is 0 Å². The first-order valence-corrected chi connectivity index (χ1v) is 7.14. The number of halogens is 2. The molecule has 0 spiro atoms. The van der Waals surface area contributed by atoms with Crippen molar-refractivity contribution in [1.82, 2.24) is 0 Å². The molecule has 1 atom stereocenters. The average molecular weight is 335 g/mol. The monoisotopic (exact) mass is 334 g/mol. The van der Waals surface area contributed by atoms with Crippen LogP contribution in [-0.4, -0.2) is 30.3 Å². The lowest BCUT2D eigenvalue weighted by molar-refractivity contribution is -0.167. The van der Waals surface area contributed by atoms with Gasteiger partial charge in [-0.05, 0) is 31.5 Å². The average Bonchev–Trinajstić information content (AvgIpc) is 2.42. The number of hydrogen-bond donors (Lipinski definition) is 1. The molecule has 116 valence electrons. The summed E-state index contributed by atoms with van der Waals surface area (Å²) in [7, 11) is 0. The van der Waals surface area contributed by atoms with E-state index in [1.165, 1.54) is 18.2 Å². The Balaban J connectivity index is 3.08. The van der Waals surface area contributed by atoms with Crippen LogP contribution in [0.4, 0.5) is 0 Å². The Labute approximate surface area is 132 Å². The highest BCUT2D eigenvalue weighted by Gasteiger charge is 2.37. The minimum absolute atomic E-state index is 0.0861. The second-order valence-electron chi connectivity index (χ2n) is 4.10. The van der Waals surface area contributed by atoms with Crippen molar-refractivity contribution >= 4 is 35.1 Å². The van der Waals surface area contributed by atoms with Crippen molar-refractivity contribution in [3.8, 4) is 0 Å². The topological polar surface area (TPSA) is 72.8 Å². The van der Waals surface area contributed by atoms with Gasteiger partial charge in [0.15, 0.2) is 5.92 Å². The Kier molecular flexibility index (Phi) is 6.95. The molecule has 1 aromatic carbocycles. The molecule has 0 aliphatic rings. The van der Waals surface area contributed by atoms with Gasteiger partial charge in [-0.1, -0.05) is 29.3 Å². The third-order valence-electron chi connectivity index (χ3n) is 2.68. The zero-order valence-corrected chi connectivity index (χ0v) is 13.1. The number of aliphatic hydroxyl groups is 1. The Bertz CT molecular complexity index is 500. The fraction of sp³-hybridized carbons (Fsp3) is 0.429. The Morgan fingerprint density at radius 3 is 2.05 bits per heavy atom. The zero-order chi connectivity index (χ0) is 16.0. The number of benzene rings is 1. The van der Waals surface area contributed by atoms with E-state index in [0.29, 0.717) is 5.02 Å². The highest BCUT2D eigenvalue weighted by molar-refractivity contribution is 6.42. The van der Waals surface area contributed by atoms with Gasteiger partial charge < -0.3 is 14.6 Å². The highest BCUT2D eigenvalue weighted by Crippen LogP contribution is 2.30. The summed E-state index contributed by atoms with van der Waals surface area (Å²) in [5, 5.41) is 10.8. The molecular weight excluding hydrogens is 319 g/mol. The smallest absolute Gasteiger partial charge is 0.323 e. The van der Waals surface area contributed by atoms with Gasteiger partial charge in [0.1, 0.15) is 6.10 Å². The molecule has 0 bridgehead atoms. The fourth-order valence-electron chi connectivity index (χ4n) is 1.71. The third-order valence-corrected chi connectivity index (χ3v) is 3.42. The number of carbonyl (C=O) groups is 2. The Morgan fingerprint density at radius 2 is 1.62 bits per heavy atom. The van der Waals surface area contributed by atoms with Gasteiger partial charge in [-0.15, -0.1) is 0 Å². The largest absolute Gasteiger partial charge is 0.465 e. The summed E-state index contributed by atoms with van der Waals surface area (Å²) in [6.45, 7) is 3.38.